The molecule has 1 saturated heterocycles. The second-order valence-corrected chi connectivity index (χ2v) is 9.65. The summed E-state index contributed by atoms with van der Waals surface area (Å²) in [5.74, 6) is -0.925. The predicted molar refractivity (Wildman–Crippen MR) is 115 cm³/mol. The van der Waals surface area contributed by atoms with E-state index in [1.165, 1.54) is 17.6 Å². The second kappa shape index (κ2) is 8.58. The van der Waals surface area contributed by atoms with E-state index in [0.717, 1.165) is 22.3 Å². The van der Waals surface area contributed by atoms with Gasteiger partial charge in [0.1, 0.15) is 0 Å². The molecule has 0 spiro atoms. The van der Waals surface area contributed by atoms with E-state index in [-0.39, 0.29) is 31.0 Å². The minimum absolute atomic E-state index is 0.0146. The number of carbonyl (C=O) groups is 1. The molecular formula is C23H22N2O5S. The number of aromatic nitrogens is 1. The second-order valence-electron chi connectivity index (χ2n) is 7.39. The lowest BCUT2D eigenvalue weighted by Crippen LogP contribution is -2.54. The largest absolute Gasteiger partial charge is 0.381 e. The van der Waals surface area contributed by atoms with Crippen molar-refractivity contribution in [1.82, 2.24) is 10.5 Å². The molecule has 0 aliphatic carbocycles. The van der Waals surface area contributed by atoms with Crippen LogP contribution in [0.3, 0.4) is 0 Å². The molecule has 0 unspecified atom stereocenters. The van der Waals surface area contributed by atoms with Gasteiger partial charge in [-0.15, -0.1) is 0 Å². The summed E-state index contributed by atoms with van der Waals surface area (Å²) in [6.45, 7) is 0.266. The van der Waals surface area contributed by atoms with Crippen molar-refractivity contribution in [2.45, 2.75) is 22.5 Å². The molecule has 160 valence electrons. The predicted octanol–water partition coefficient (Wildman–Crippen LogP) is 3.24. The fourth-order valence-corrected chi connectivity index (χ4v) is 5.80. The number of ether oxygens (including phenoxy) is 1. The third-order valence-corrected chi connectivity index (χ3v) is 8.22. The quantitative estimate of drug-likeness (QED) is 0.468. The molecule has 1 aliphatic heterocycles. The normalized spacial score (nSPS) is 15.9. The summed E-state index contributed by atoms with van der Waals surface area (Å²) >= 11 is 0. The maximum Gasteiger partial charge on any atom is 0.265 e. The van der Waals surface area contributed by atoms with Crippen LogP contribution in [0.1, 0.15) is 12.8 Å². The fourth-order valence-electron chi connectivity index (χ4n) is 3.86. The Balaban J connectivity index is 1.62. The standard InChI is InChI=1S/C23H22N2O5S/c26-22(25-27)23(11-14-30-15-12-23)31(28,29)21-9-7-18(8-10-21)17-3-5-19(6-4-17)20-2-1-13-24-16-20/h1-10,13,16,27H,11-12,14-15H2,(H,25,26). The van der Waals surface area contributed by atoms with Gasteiger partial charge in [0.05, 0.1) is 4.90 Å². The molecule has 31 heavy (non-hydrogen) atoms. The van der Waals surface area contributed by atoms with E-state index < -0.39 is 20.5 Å². The zero-order chi connectivity index (χ0) is 21.9. The van der Waals surface area contributed by atoms with E-state index in [1.54, 1.807) is 24.5 Å². The van der Waals surface area contributed by atoms with Gasteiger partial charge in [-0.2, -0.15) is 0 Å². The summed E-state index contributed by atoms with van der Waals surface area (Å²) < 4.78 is 30.1. The van der Waals surface area contributed by atoms with E-state index in [0.29, 0.717) is 0 Å². The van der Waals surface area contributed by atoms with E-state index >= 15 is 0 Å². The summed E-state index contributed by atoms with van der Waals surface area (Å²) in [4.78, 5) is 16.5. The Morgan fingerprint density at radius 3 is 1.97 bits per heavy atom. The molecule has 7 nitrogen and oxygen atoms in total. The Morgan fingerprint density at radius 2 is 1.45 bits per heavy atom. The van der Waals surface area contributed by atoms with Crippen LogP contribution in [0.5, 0.6) is 0 Å². The molecule has 1 aromatic heterocycles. The number of hydrogen-bond donors (Lipinski definition) is 2. The number of hydroxylamine groups is 1. The third kappa shape index (κ3) is 3.85. The number of pyridine rings is 1. The first-order valence-electron chi connectivity index (χ1n) is 9.86. The van der Waals surface area contributed by atoms with Crippen molar-refractivity contribution >= 4 is 15.7 Å². The van der Waals surface area contributed by atoms with E-state index in [4.69, 9.17) is 9.94 Å². The van der Waals surface area contributed by atoms with Gasteiger partial charge in [-0.3, -0.25) is 15.0 Å². The molecule has 2 heterocycles. The van der Waals surface area contributed by atoms with E-state index in [2.05, 4.69) is 4.98 Å². The molecule has 4 rings (SSSR count). The minimum Gasteiger partial charge on any atom is -0.381 e. The first kappa shape index (κ1) is 21.2. The Labute approximate surface area is 180 Å². The number of nitrogens with one attached hydrogen (secondary N) is 1. The van der Waals surface area contributed by atoms with Crippen LogP contribution in [0, 0.1) is 0 Å². The SMILES string of the molecule is O=C(NO)C1(S(=O)(=O)c2ccc(-c3ccc(-c4cccnc4)cc3)cc2)CCOCC1. The highest BCUT2D eigenvalue weighted by atomic mass is 32.2. The van der Waals surface area contributed by atoms with Crippen LogP contribution in [0.25, 0.3) is 22.3 Å². The van der Waals surface area contributed by atoms with Gasteiger partial charge in [0.15, 0.2) is 14.6 Å². The van der Waals surface area contributed by atoms with Gasteiger partial charge >= 0.3 is 0 Å². The molecule has 0 bridgehead atoms. The average Bonchev–Trinajstić information content (AvgIpc) is 2.84. The summed E-state index contributed by atoms with van der Waals surface area (Å²) in [5, 5.41) is 9.15. The van der Waals surface area contributed by atoms with Gasteiger partial charge in [-0.05, 0) is 53.3 Å². The molecule has 2 aromatic carbocycles. The maximum atomic E-state index is 13.3. The van der Waals surface area contributed by atoms with Crippen LogP contribution in [-0.2, 0) is 19.4 Å². The van der Waals surface area contributed by atoms with E-state index in [9.17, 15) is 13.2 Å². The summed E-state index contributed by atoms with van der Waals surface area (Å²) in [6.07, 6.45) is 3.49. The van der Waals surface area contributed by atoms with E-state index in [1.807, 2.05) is 36.4 Å². The Bertz CT molecular complexity index is 1150. The molecule has 1 amide bonds. The number of carbonyl (C=O) groups excluding carboxylic acids is 1. The highest BCUT2D eigenvalue weighted by molar-refractivity contribution is 7.93. The highest BCUT2D eigenvalue weighted by Crippen LogP contribution is 2.36. The van der Waals surface area contributed by atoms with Crippen molar-refractivity contribution in [2.75, 3.05) is 13.2 Å². The van der Waals surface area contributed by atoms with Gasteiger partial charge < -0.3 is 4.74 Å². The number of sulfone groups is 1. The summed E-state index contributed by atoms with van der Waals surface area (Å²) in [6, 6.07) is 18.2. The topological polar surface area (TPSA) is 106 Å². The van der Waals surface area contributed by atoms with Gasteiger partial charge in [-0.1, -0.05) is 42.5 Å². The first-order chi connectivity index (χ1) is 15.0. The number of benzene rings is 2. The average molecular weight is 439 g/mol. The smallest absolute Gasteiger partial charge is 0.265 e. The molecule has 1 fully saturated rings. The number of nitrogens with zero attached hydrogens (tertiary/aromatic N) is 1. The molecular weight excluding hydrogens is 416 g/mol. The summed E-state index contributed by atoms with van der Waals surface area (Å²) in [5.41, 5.74) is 5.36. The van der Waals surface area contributed by atoms with Gasteiger partial charge in [0.2, 0.25) is 0 Å². The zero-order valence-electron chi connectivity index (χ0n) is 16.7. The van der Waals surface area contributed by atoms with Crippen molar-refractivity contribution < 1.29 is 23.2 Å². The van der Waals surface area contributed by atoms with Crippen molar-refractivity contribution in [3.05, 3.63) is 73.1 Å². The molecule has 0 radical (unpaired) electrons. The lowest BCUT2D eigenvalue weighted by atomic mass is 9.98. The van der Waals surface area contributed by atoms with Crippen molar-refractivity contribution in [2.24, 2.45) is 0 Å². The highest BCUT2D eigenvalue weighted by Gasteiger charge is 2.52. The van der Waals surface area contributed by atoms with Crippen LogP contribution in [-0.4, -0.2) is 42.5 Å². The third-order valence-electron chi connectivity index (χ3n) is 5.71. The summed E-state index contributed by atoms with van der Waals surface area (Å²) in [7, 11) is -4.04. The van der Waals surface area contributed by atoms with Crippen LogP contribution in [0.2, 0.25) is 0 Å². The number of hydrogen-bond acceptors (Lipinski definition) is 6. The molecule has 0 atom stereocenters. The van der Waals surface area contributed by atoms with Crippen molar-refractivity contribution in [1.29, 1.82) is 0 Å². The molecule has 8 heteroatoms. The van der Waals surface area contributed by atoms with Crippen LogP contribution < -0.4 is 5.48 Å². The monoisotopic (exact) mass is 438 g/mol. The zero-order valence-corrected chi connectivity index (χ0v) is 17.5. The Morgan fingerprint density at radius 1 is 0.903 bits per heavy atom. The first-order valence-corrected chi connectivity index (χ1v) is 11.3. The Hall–Kier alpha value is -3.07. The molecule has 0 saturated carbocycles. The van der Waals surface area contributed by atoms with Crippen LogP contribution in [0.4, 0.5) is 0 Å². The molecule has 1 aliphatic rings. The van der Waals surface area contributed by atoms with Gasteiger partial charge in [-0.25, -0.2) is 13.9 Å². The van der Waals surface area contributed by atoms with Gasteiger partial charge in [0.25, 0.3) is 5.91 Å². The van der Waals surface area contributed by atoms with Crippen molar-refractivity contribution in [3.63, 3.8) is 0 Å². The molecule has 2 N–H and O–H groups in total. The number of amides is 1. The van der Waals surface area contributed by atoms with Crippen LogP contribution >= 0.6 is 0 Å². The lowest BCUT2D eigenvalue weighted by Gasteiger charge is -2.34. The van der Waals surface area contributed by atoms with Crippen LogP contribution in [0.15, 0.2) is 78.0 Å². The van der Waals surface area contributed by atoms with Crippen molar-refractivity contribution in [3.8, 4) is 22.3 Å². The Kier molecular flexibility index (Phi) is 5.86. The fraction of sp³-hybridized carbons (Fsp3) is 0.217. The lowest BCUT2D eigenvalue weighted by molar-refractivity contribution is -0.134. The van der Waals surface area contributed by atoms with Gasteiger partial charge in [0, 0.05) is 25.6 Å². The minimum atomic E-state index is -4.04. The maximum absolute atomic E-state index is 13.3. The number of rotatable bonds is 5. The molecule has 3 aromatic rings.